The lowest BCUT2D eigenvalue weighted by atomic mass is 9.95. The lowest BCUT2D eigenvalue weighted by molar-refractivity contribution is -0.140. The standard InChI is InChI=1S/C28H24N4O4S/c1-18-23(26(35)36-16-19-8-4-2-5-9-19)24(21-12-14-22(15-13-21)25(33)34)32-27(29-18)30-28(31-32)37-17-20-10-6-3-7-11-20/h2-15,24H,16-17H2,1H3,(H,33,34)(H,29,30,31). The number of aromatic carboxylic acids is 1. The fourth-order valence-corrected chi connectivity index (χ4v) is 4.88. The predicted octanol–water partition coefficient (Wildman–Crippen LogP) is 5.30. The van der Waals surface area contributed by atoms with Crippen LogP contribution in [0.15, 0.2) is 101 Å². The Kier molecular flexibility index (Phi) is 7.04. The minimum Gasteiger partial charge on any atom is -0.478 e. The van der Waals surface area contributed by atoms with Crippen molar-refractivity contribution >= 4 is 29.6 Å². The SMILES string of the molecule is CC1=C(C(=O)OCc2ccccc2)C(c2ccc(C(=O)O)cc2)n2nc(SCc3ccccc3)nc2N1. The fraction of sp³-hybridized carbons (Fsp3) is 0.143. The maximum atomic E-state index is 13.4. The number of anilines is 1. The minimum atomic E-state index is -1.02. The molecular formula is C28H24N4O4S. The molecule has 5 rings (SSSR count). The lowest BCUT2D eigenvalue weighted by Crippen LogP contribution is -2.29. The number of carbonyl (C=O) groups excluding carboxylic acids is 1. The van der Waals surface area contributed by atoms with E-state index < -0.39 is 18.0 Å². The summed E-state index contributed by atoms with van der Waals surface area (Å²) in [6.07, 6.45) is 0. The van der Waals surface area contributed by atoms with Crippen LogP contribution in [-0.2, 0) is 21.9 Å². The number of allylic oxidation sites excluding steroid dienone is 1. The third kappa shape index (κ3) is 5.41. The Balaban J connectivity index is 1.46. The molecule has 186 valence electrons. The lowest BCUT2D eigenvalue weighted by Gasteiger charge is -2.28. The van der Waals surface area contributed by atoms with Crippen LogP contribution in [0.1, 0.15) is 40.0 Å². The molecule has 0 saturated carbocycles. The molecule has 1 atom stereocenters. The van der Waals surface area contributed by atoms with Crippen LogP contribution in [0.3, 0.4) is 0 Å². The summed E-state index contributed by atoms with van der Waals surface area (Å²) in [6.45, 7) is 1.93. The summed E-state index contributed by atoms with van der Waals surface area (Å²) in [5.74, 6) is -0.311. The zero-order chi connectivity index (χ0) is 25.8. The molecular weight excluding hydrogens is 488 g/mol. The molecule has 0 aliphatic carbocycles. The maximum absolute atomic E-state index is 13.4. The van der Waals surface area contributed by atoms with Gasteiger partial charge in [-0.3, -0.25) is 0 Å². The Morgan fingerprint density at radius 1 is 0.973 bits per heavy atom. The number of thioether (sulfide) groups is 1. The molecule has 0 bridgehead atoms. The number of carbonyl (C=O) groups is 2. The van der Waals surface area contributed by atoms with Crippen LogP contribution in [-0.4, -0.2) is 31.8 Å². The average molecular weight is 513 g/mol. The maximum Gasteiger partial charge on any atom is 0.338 e. The Morgan fingerprint density at radius 3 is 2.27 bits per heavy atom. The molecule has 1 unspecified atom stereocenters. The number of carboxylic acids is 1. The van der Waals surface area contributed by atoms with Crippen LogP contribution in [0.25, 0.3) is 0 Å². The second-order valence-corrected chi connectivity index (χ2v) is 9.43. The van der Waals surface area contributed by atoms with Gasteiger partial charge in [0.25, 0.3) is 0 Å². The van der Waals surface area contributed by atoms with Gasteiger partial charge >= 0.3 is 11.9 Å². The van der Waals surface area contributed by atoms with Gasteiger partial charge < -0.3 is 15.2 Å². The zero-order valence-corrected chi connectivity index (χ0v) is 20.8. The smallest absolute Gasteiger partial charge is 0.338 e. The average Bonchev–Trinajstić information content (AvgIpc) is 3.33. The van der Waals surface area contributed by atoms with Crippen LogP contribution in [0, 0.1) is 0 Å². The second-order valence-electron chi connectivity index (χ2n) is 8.49. The van der Waals surface area contributed by atoms with Crippen molar-refractivity contribution in [3.63, 3.8) is 0 Å². The van der Waals surface area contributed by atoms with E-state index in [9.17, 15) is 14.7 Å². The fourth-order valence-electron chi connectivity index (χ4n) is 4.10. The number of esters is 1. The molecule has 2 N–H and O–H groups in total. The molecule has 0 saturated heterocycles. The normalized spacial score (nSPS) is 14.6. The Morgan fingerprint density at radius 2 is 1.62 bits per heavy atom. The van der Waals surface area contributed by atoms with E-state index in [0.717, 1.165) is 11.1 Å². The number of nitrogens with one attached hydrogen (secondary N) is 1. The van der Waals surface area contributed by atoms with E-state index in [4.69, 9.17) is 9.84 Å². The summed E-state index contributed by atoms with van der Waals surface area (Å²) in [4.78, 5) is 29.4. The van der Waals surface area contributed by atoms with Gasteiger partial charge in [0, 0.05) is 11.4 Å². The van der Waals surface area contributed by atoms with Gasteiger partial charge in [-0.25, -0.2) is 14.3 Å². The molecule has 37 heavy (non-hydrogen) atoms. The number of hydrogen-bond acceptors (Lipinski definition) is 7. The van der Waals surface area contributed by atoms with Crippen molar-refractivity contribution in [3.05, 3.63) is 118 Å². The van der Waals surface area contributed by atoms with Crippen molar-refractivity contribution < 1.29 is 19.4 Å². The quantitative estimate of drug-likeness (QED) is 0.242. The third-order valence-corrected chi connectivity index (χ3v) is 6.86. The number of rotatable bonds is 8. The Bertz CT molecular complexity index is 1450. The largest absolute Gasteiger partial charge is 0.478 e. The molecule has 8 nitrogen and oxygen atoms in total. The van der Waals surface area contributed by atoms with Crippen LogP contribution >= 0.6 is 11.8 Å². The van der Waals surface area contributed by atoms with Gasteiger partial charge in [-0.15, -0.1) is 5.10 Å². The van der Waals surface area contributed by atoms with Gasteiger partial charge in [-0.05, 0) is 35.7 Å². The highest BCUT2D eigenvalue weighted by Gasteiger charge is 2.35. The monoisotopic (exact) mass is 512 g/mol. The van der Waals surface area contributed by atoms with E-state index >= 15 is 0 Å². The zero-order valence-electron chi connectivity index (χ0n) is 20.0. The summed E-state index contributed by atoms with van der Waals surface area (Å²) < 4.78 is 7.34. The summed E-state index contributed by atoms with van der Waals surface area (Å²) in [5.41, 5.74) is 3.86. The first-order valence-electron chi connectivity index (χ1n) is 11.6. The molecule has 0 fully saturated rings. The van der Waals surface area contributed by atoms with Gasteiger partial charge in [0.05, 0.1) is 11.1 Å². The van der Waals surface area contributed by atoms with E-state index in [0.29, 0.717) is 33.7 Å². The number of hydrogen-bond donors (Lipinski definition) is 2. The summed E-state index contributed by atoms with van der Waals surface area (Å²) in [5, 5.41) is 17.8. The first kappa shape index (κ1) is 24.3. The van der Waals surface area contributed by atoms with E-state index in [1.165, 1.54) is 23.9 Å². The predicted molar refractivity (Wildman–Crippen MR) is 140 cm³/mol. The highest BCUT2D eigenvalue weighted by molar-refractivity contribution is 7.98. The van der Waals surface area contributed by atoms with Gasteiger partial charge in [0.1, 0.15) is 12.6 Å². The van der Waals surface area contributed by atoms with Crippen LogP contribution in [0.4, 0.5) is 5.95 Å². The van der Waals surface area contributed by atoms with Crippen molar-refractivity contribution in [2.24, 2.45) is 0 Å². The number of ether oxygens (including phenoxy) is 1. The highest BCUT2D eigenvalue weighted by Crippen LogP contribution is 2.37. The van der Waals surface area contributed by atoms with Crippen molar-refractivity contribution in [2.45, 2.75) is 30.5 Å². The molecule has 4 aromatic rings. The van der Waals surface area contributed by atoms with Gasteiger partial charge in [0.15, 0.2) is 0 Å². The summed E-state index contributed by atoms with van der Waals surface area (Å²) >= 11 is 1.49. The third-order valence-electron chi connectivity index (χ3n) is 5.95. The number of aromatic nitrogens is 3. The molecule has 3 aromatic carbocycles. The molecule has 0 radical (unpaired) electrons. The summed E-state index contributed by atoms with van der Waals surface area (Å²) in [6, 6.07) is 25.3. The minimum absolute atomic E-state index is 0.128. The molecule has 2 heterocycles. The van der Waals surface area contributed by atoms with Gasteiger partial charge in [0.2, 0.25) is 11.1 Å². The number of fused-ring (bicyclic) bond motifs is 1. The molecule has 0 amide bonds. The van der Waals surface area contributed by atoms with E-state index in [2.05, 4.69) is 10.3 Å². The van der Waals surface area contributed by atoms with Crippen molar-refractivity contribution in [1.82, 2.24) is 14.8 Å². The first-order chi connectivity index (χ1) is 18.0. The van der Waals surface area contributed by atoms with Gasteiger partial charge in [-0.1, -0.05) is 84.6 Å². The number of benzene rings is 3. The van der Waals surface area contributed by atoms with E-state index in [-0.39, 0.29) is 12.2 Å². The van der Waals surface area contributed by atoms with Crippen LogP contribution in [0.2, 0.25) is 0 Å². The molecule has 0 spiro atoms. The molecule has 1 aliphatic heterocycles. The Labute approximate surface area is 218 Å². The number of carboxylic acid groups (broad SMARTS) is 1. The Hall–Kier alpha value is -4.37. The number of nitrogens with zero attached hydrogens (tertiary/aromatic N) is 3. The van der Waals surface area contributed by atoms with Gasteiger partial charge in [-0.2, -0.15) is 4.98 Å². The highest BCUT2D eigenvalue weighted by atomic mass is 32.2. The first-order valence-corrected chi connectivity index (χ1v) is 12.6. The molecule has 1 aliphatic rings. The summed E-state index contributed by atoms with van der Waals surface area (Å²) in [7, 11) is 0. The van der Waals surface area contributed by atoms with E-state index in [1.54, 1.807) is 23.7 Å². The molecule has 1 aromatic heterocycles. The van der Waals surface area contributed by atoms with Crippen molar-refractivity contribution in [1.29, 1.82) is 0 Å². The molecule has 9 heteroatoms. The van der Waals surface area contributed by atoms with Crippen molar-refractivity contribution in [3.8, 4) is 0 Å². The van der Waals surface area contributed by atoms with E-state index in [1.807, 2.05) is 60.7 Å². The van der Waals surface area contributed by atoms with Crippen molar-refractivity contribution in [2.75, 3.05) is 5.32 Å². The second kappa shape index (κ2) is 10.7. The van der Waals surface area contributed by atoms with Crippen LogP contribution < -0.4 is 5.32 Å². The van der Waals surface area contributed by atoms with Crippen LogP contribution in [0.5, 0.6) is 0 Å². The topological polar surface area (TPSA) is 106 Å².